The molecule has 1 saturated carbocycles. The molecule has 6 nitrogen and oxygen atoms in total. The van der Waals surface area contributed by atoms with Gasteiger partial charge in [0.2, 0.25) is 5.91 Å². The molecule has 2 fully saturated rings. The Morgan fingerprint density at radius 2 is 2.04 bits per heavy atom. The maximum atomic E-state index is 13.5. The van der Waals surface area contributed by atoms with Gasteiger partial charge in [0.15, 0.2) is 0 Å². The fourth-order valence-electron chi connectivity index (χ4n) is 4.66. The van der Waals surface area contributed by atoms with Crippen LogP contribution in [0.25, 0.3) is 11.0 Å². The van der Waals surface area contributed by atoms with E-state index in [0.717, 1.165) is 67.5 Å². The van der Waals surface area contributed by atoms with Gasteiger partial charge >= 0.3 is 0 Å². The fraction of sp³-hybridized carbons (Fsp3) is 0.600. The molecule has 2 aromatic heterocycles. The van der Waals surface area contributed by atoms with Crippen molar-refractivity contribution in [2.45, 2.75) is 38.3 Å². The van der Waals surface area contributed by atoms with E-state index in [1.54, 1.807) is 6.07 Å². The lowest BCUT2D eigenvalue weighted by atomic mass is 9.91. The molecule has 4 heterocycles. The summed E-state index contributed by atoms with van der Waals surface area (Å²) in [6, 6.07) is 2.32. The van der Waals surface area contributed by atoms with E-state index in [-0.39, 0.29) is 11.7 Å². The highest BCUT2D eigenvalue weighted by atomic mass is 19.1. The first-order chi connectivity index (χ1) is 13.2. The third kappa shape index (κ3) is 3.23. The summed E-state index contributed by atoms with van der Waals surface area (Å²) >= 11 is 0. The molecule has 5 rings (SSSR count). The molecule has 0 atom stereocenters. The zero-order valence-electron chi connectivity index (χ0n) is 15.6. The molecule has 0 radical (unpaired) electrons. The van der Waals surface area contributed by atoms with E-state index < -0.39 is 0 Å². The molecule has 144 valence electrons. The monoisotopic (exact) mass is 371 g/mol. The number of aromatic amines is 1. The number of pyridine rings is 1. The number of piperazine rings is 1. The molecule has 3 aliphatic rings. The van der Waals surface area contributed by atoms with Gasteiger partial charge in [-0.3, -0.25) is 14.6 Å². The SMILES string of the molecule is O=C(CN1CCc2c([nH]c3ncc(F)cc23)C1)N1CCN(C2CCC2)CC1. The van der Waals surface area contributed by atoms with Gasteiger partial charge in [0, 0.05) is 56.4 Å². The number of amides is 1. The maximum absolute atomic E-state index is 13.5. The van der Waals surface area contributed by atoms with Crippen LogP contribution in [-0.2, 0) is 17.8 Å². The summed E-state index contributed by atoms with van der Waals surface area (Å²) in [5.74, 6) is -0.0741. The minimum Gasteiger partial charge on any atom is -0.342 e. The summed E-state index contributed by atoms with van der Waals surface area (Å²) in [6.07, 6.45) is 6.08. The quantitative estimate of drug-likeness (QED) is 0.893. The molecular weight excluding hydrogens is 345 g/mol. The van der Waals surface area contributed by atoms with Gasteiger partial charge in [-0.1, -0.05) is 6.42 Å². The third-order valence-electron chi connectivity index (χ3n) is 6.49. The smallest absolute Gasteiger partial charge is 0.236 e. The van der Waals surface area contributed by atoms with Crippen LogP contribution in [0.4, 0.5) is 4.39 Å². The van der Waals surface area contributed by atoms with Gasteiger partial charge in [0.25, 0.3) is 0 Å². The molecule has 27 heavy (non-hydrogen) atoms. The molecule has 1 N–H and O–H groups in total. The number of fused-ring (bicyclic) bond motifs is 3. The molecule has 0 aromatic carbocycles. The highest BCUT2D eigenvalue weighted by Gasteiger charge is 2.30. The molecule has 0 unspecified atom stereocenters. The number of hydrogen-bond acceptors (Lipinski definition) is 4. The maximum Gasteiger partial charge on any atom is 0.236 e. The number of hydrogen-bond donors (Lipinski definition) is 1. The van der Waals surface area contributed by atoms with Crippen molar-refractivity contribution in [1.29, 1.82) is 0 Å². The van der Waals surface area contributed by atoms with Crippen molar-refractivity contribution >= 4 is 16.9 Å². The zero-order chi connectivity index (χ0) is 18.4. The summed E-state index contributed by atoms with van der Waals surface area (Å²) < 4.78 is 13.5. The molecule has 0 bridgehead atoms. The Morgan fingerprint density at radius 1 is 1.22 bits per heavy atom. The lowest BCUT2D eigenvalue weighted by Gasteiger charge is -2.43. The number of carbonyl (C=O) groups is 1. The van der Waals surface area contributed by atoms with Gasteiger partial charge in [0.1, 0.15) is 11.5 Å². The second-order valence-corrected chi connectivity index (χ2v) is 8.09. The van der Waals surface area contributed by atoms with Crippen LogP contribution in [0.1, 0.15) is 30.5 Å². The van der Waals surface area contributed by atoms with Gasteiger partial charge in [-0.25, -0.2) is 9.37 Å². The molecule has 2 aliphatic heterocycles. The van der Waals surface area contributed by atoms with Crippen LogP contribution in [0, 0.1) is 5.82 Å². The van der Waals surface area contributed by atoms with Crippen LogP contribution < -0.4 is 0 Å². The Hall–Kier alpha value is -1.99. The van der Waals surface area contributed by atoms with E-state index in [9.17, 15) is 9.18 Å². The van der Waals surface area contributed by atoms with Crippen molar-refractivity contribution in [3.63, 3.8) is 0 Å². The number of H-pyrrole nitrogens is 1. The van der Waals surface area contributed by atoms with Crippen LogP contribution in [0.3, 0.4) is 0 Å². The van der Waals surface area contributed by atoms with E-state index in [1.807, 2.05) is 4.90 Å². The number of rotatable bonds is 3. The first kappa shape index (κ1) is 17.1. The minimum absolute atomic E-state index is 0.229. The number of aromatic nitrogens is 2. The Kier molecular flexibility index (Phi) is 4.36. The summed E-state index contributed by atoms with van der Waals surface area (Å²) in [6.45, 7) is 5.71. The number of halogens is 1. The molecular formula is C20H26FN5O. The van der Waals surface area contributed by atoms with E-state index in [2.05, 4.69) is 19.8 Å². The average molecular weight is 371 g/mol. The average Bonchev–Trinajstić information content (AvgIpc) is 2.98. The largest absolute Gasteiger partial charge is 0.342 e. The fourth-order valence-corrected chi connectivity index (χ4v) is 4.66. The molecule has 0 spiro atoms. The predicted molar refractivity (Wildman–Crippen MR) is 101 cm³/mol. The second-order valence-electron chi connectivity index (χ2n) is 8.09. The normalized spacial score (nSPS) is 22.0. The summed E-state index contributed by atoms with van der Waals surface area (Å²) in [5.41, 5.74) is 2.95. The van der Waals surface area contributed by atoms with Crippen LogP contribution in [-0.4, -0.2) is 75.9 Å². The highest BCUT2D eigenvalue weighted by Crippen LogP contribution is 2.27. The number of nitrogens with zero attached hydrogens (tertiary/aromatic N) is 4. The first-order valence-electron chi connectivity index (χ1n) is 10.1. The standard InChI is InChI=1S/C20H26FN5O/c21-14-10-17-16-4-5-24(12-18(16)23-20(17)22-11-14)13-19(27)26-8-6-25(7-9-26)15-2-1-3-15/h10-11,15H,1-9,12-13H2,(H,22,23). The van der Waals surface area contributed by atoms with Crippen molar-refractivity contribution in [3.8, 4) is 0 Å². The third-order valence-corrected chi connectivity index (χ3v) is 6.49. The van der Waals surface area contributed by atoms with Crippen molar-refractivity contribution in [3.05, 3.63) is 29.3 Å². The van der Waals surface area contributed by atoms with Crippen LogP contribution in [0.5, 0.6) is 0 Å². The van der Waals surface area contributed by atoms with Crippen molar-refractivity contribution in [2.75, 3.05) is 39.3 Å². The van der Waals surface area contributed by atoms with Crippen LogP contribution >= 0.6 is 0 Å². The summed E-state index contributed by atoms with van der Waals surface area (Å²) in [7, 11) is 0. The zero-order valence-corrected chi connectivity index (χ0v) is 15.6. The van der Waals surface area contributed by atoms with E-state index >= 15 is 0 Å². The number of carbonyl (C=O) groups excluding carboxylic acids is 1. The van der Waals surface area contributed by atoms with E-state index in [4.69, 9.17) is 0 Å². The molecule has 1 aliphatic carbocycles. The van der Waals surface area contributed by atoms with Crippen LogP contribution in [0.15, 0.2) is 12.3 Å². The van der Waals surface area contributed by atoms with Crippen molar-refractivity contribution in [1.82, 2.24) is 24.7 Å². The van der Waals surface area contributed by atoms with Crippen LogP contribution in [0.2, 0.25) is 0 Å². The van der Waals surface area contributed by atoms with Gasteiger partial charge in [-0.05, 0) is 30.9 Å². The Bertz CT molecular complexity index is 853. The van der Waals surface area contributed by atoms with Crippen molar-refractivity contribution in [2.24, 2.45) is 0 Å². The van der Waals surface area contributed by atoms with Gasteiger partial charge in [-0.15, -0.1) is 0 Å². The topological polar surface area (TPSA) is 55.5 Å². The van der Waals surface area contributed by atoms with E-state index in [1.165, 1.54) is 25.5 Å². The van der Waals surface area contributed by atoms with Gasteiger partial charge < -0.3 is 9.88 Å². The summed E-state index contributed by atoms with van der Waals surface area (Å²) in [5, 5.41) is 0.878. The predicted octanol–water partition coefficient (Wildman–Crippen LogP) is 1.76. The lowest BCUT2D eigenvalue weighted by molar-refractivity contribution is -0.135. The minimum atomic E-state index is -0.303. The number of nitrogens with one attached hydrogen (secondary N) is 1. The van der Waals surface area contributed by atoms with Crippen molar-refractivity contribution < 1.29 is 9.18 Å². The lowest BCUT2D eigenvalue weighted by Crippen LogP contribution is -2.55. The van der Waals surface area contributed by atoms with E-state index in [0.29, 0.717) is 13.1 Å². The molecule has 1 amide bonds. The Labute approximate surface area is 158 Å². The Morgan fingerprint density at radius 3 is 2.78 bits per heavy atom. The van der Waals surface area contributed by atoms with Gasteiger partial charge in [0.05, 0.1) is 12.7 Å². The highest BCUT2D eigenvalue weighted by molar-refractivity contribution is 5.82. The molecule has 7 heteroatoms. The van der Waals surface area contributed by atoms with Gasteiger partial charge in [-0.2, -0.15) is 0 Å². The Balaban J connectivity index is 1.20. The molecule has 1 saturated heterocycles. The molecule has 2 aromatic rings. The first-order valence-corrected chi connectivity index (χ1v) is 10.1. The second kappa shape index (κ2) is 6.87. The summed E-state index contributed by atoms with van der Waals surface area (Å²) in [4.78, 5) is 27.0.